The highest BCUT2D eigenvalue weighted by Gasteiger charge is 2.28. The van der Waals surface area contributed by atoms with Gasteiger partial charge in [-0.25, -0.2) is 8.42 Å². The van der Waals surface area contributed by atoms with E-state index in [1.165, 1.54) is 0 Å². The van der Waals surface area contributed by atoms with Crippen LogP contribution < -0.4 is 10.6 Å². The lowest BCUT2D eigenvalue weighted by molar-refractivity contribution is -0.121. The van der Waals surface area contributed by atoms with Crippen molar-refractivity contribution in [3.63, 3.8) is 0 Å². The van der Waals surface area contributed by atoms with Gasteiger partial charge in [0.1, 0.15) is 0 Å². The summed E-state index contributed by atoms with van der Waals surface area (Å²) in [5.74, 6) is 0.879. The first-order chi connectivity index (χ1) is 10.4. The molecule has 1 rings (SSSR count). The minimum atomic E-state index is -2.96. The number of guanidine groups is 1. The average molecular weight is 460 g/mol. The number of nitrogens with zero attached hydrogens (tertiary/aromatic N) is 2. The third kappa shape index (κ3) is 8.73. The van der Waals surface area contributed by atoms with Gasteiger partial charge in [-0.05, 0) is 12.8 Å². The Labute approximate surface area is 156 Å². The van der Waals surface area contributed by atoms with Crippen molar-refractivity contribution in [2.75, 3.05) is 38.7 Å². The van der Waals surface area contributed by atoms with Crippen molar-refractivity contribution in [3.8, 4) is 0 Å². The third-order valence-corrected chi connectivity index (χ3v) is 5.42. The highest BCUT2D eigenvalue weighted by molar-refractivity contribution is 14.0. The molecule has 0 aromatic heterocycles. The van der Waals surface area contributed by atoms with Crippen LogP contribution in [-0.2, 0) is 14.6 Å². The van der Waals surface area contributed by atoms with E-state index in [1.807, 2.05) is 11.9 Å². The van der Waals surface area contributed by atoms with Gasteiger partial charge < -0.3 is 15.5 Å². The molecule has 0 bridgehead atoms. The summed E-state index contributed by atoms with van der Waals surface area (Å²) in [6.07, 6.45) is 3.03. The minimum absolute atomic E-state index is 0. The number of unbranched alkanes of at least 4 members (excludes halogenated alkanes) is 1. The molecule has 1 atom stereocenters. The summed E-state index contributed by atoms with van der Waals surface area (Å²) in [5, 5.41) is 5.93. The van der Waals surface area contributed by atoms with E-state index in [0.29, 0.717) is 19.4 Å². The zero-order chi connectivity index (χ0) is 16.6. The predicted molar refractivity (Wildman–Crippen MR) is 104 cm³/mol. The first-order valence-electron chi connectivity index (χ1n) is 7.79. The van der Waals surface area contributed by atoms with Crippen LogP contribution in [0.4, 0.5) is 0 Å². The quantitative estimate of drug-likeness (QED) is 0.330. The van der Waals surface area contributed by atoms with E-state index in [2.05, 4.69) is 22.5 Å². The Bertz CT molecular complexity index is 496. The van der Waals surface area contributed by atoms with E-state index in [0.717, 1.165) is 25.3 Å². The zero-order valence-electron chi connectivity index (χ0n) is 14.2. The fourth-order valence-electron chi connectivity index (χ4n) is 2.38. The summed E-state index contributed by atoms with van der Waals surface area (Å²) in [5.41, 5.74) is 0. The van der Waals surface area contributed by atoms with Gasteiger partial charge in [-0.1, -0.05) is 13.3 Å². The van der Waals surface area contributed by atoms with Crippen LogP contribution in [0.15, 0.2) is 4.99 Å². The van der Waals surface area contributed by atoms with Gasteiger partial charge in [0.05, 0.1) is 11.5 Å². The van der Waals surface area contributed by atoms with Gasteiger partial charge in [-0.2, -0.15) is 0 Å². The van der Waals surface area contributed by atoms with Gasteiger partial charge in [0.15, 0.2) is 15.8 Å². The molecule has 1 aliphatic rings. The van der Waals surface area contributed by atoms with E-state index in [-0.39, 0.29) is 47.4 Å². The van der Waals surface area contributed by atoms with Gasteiger partial charge in [0.2, 0.25) is 5.91 Å². The predicted octanol–water partition coefficient (Wildman–Crippen LogP) is 0.605. The second kappa shape index (κ2) is 11.1. The molecule has 136 valence electrons. The van der Waals surface area contributed by atoms with Crippen LogP contribution in [0, 0.1) is 0 Å². The molecule has 2 N–H and O–H groups in total. The SMILES string of the molecule is CCCCN(C)C(=NC)NCCC(=O)NC1CCS(=O)(=O)C1.I. The molecular weight excluding hydrogens is 431 g/mol. The Morgan fingerprint density at radius 2 is 2.09 bits per heavy atom. The average Bonchev–Trinajstić information content (AvgIpc) is 2.79. The Kier molecular flexibility index (Phi) is 10.8. The van der Waals surface area contributed by atoms with Crippen molar-refractivity contribution in [1.29, 1.82) is 0 Å². The molecule has 7 nitrogen and oxygen atoms in total. The van der Waals surface area contributed by atoms with Crippen LogP contribution in [0.1, 0.15) is 32.6 Å². The number of hydrogen-bond donors (Lipinski definition) is 2. The topological polar surface area (TPSA) is 90.9 Å². The highest BCUT2D eigenvalue weighted by Crippen LogP contribution is 2.11. The van der Waals surface area contributed by atoms with Crippen molar-refractivity contribution in [1.82, 2.24) is 15.5 Å². The van der Waals surface area contributed by atoms with Crippen molar-refractivity contribution in [2.45, 2.75) is 38.6 Å². The van der Waals surface area contributed by atoms with Crippen LogP contribution in [-0.4, -0.2) is 69.9 Å². The number of carbonyl (C=O) groups is 1. The van der Waals surface area contributed by atoms with E-state index < -0.39 is 9.84 Å². The molecule has 0 spiro atoms. The van der Waals surface area contributed by atoms with E-state index in [9.17, 15) is 13.2 Å². The fraction of sp³-hybridized carbons (Fsp3) is 0.857. The molecule has 0 aromatic rings. The second-order valence-electron chi connectivity index (χ2n) is 5.67. The molecule has 9 heteroatoms. The molecule has 1 aliphatic heterocycles. The number of halogens is 1. The number of aliphatic imine (C=N–C) groups is 1. The van der Waals surface area contributed by atoms with Crippen LogP contribution >= 0.6 is 24.0 Å². The molecule has 1 heterocycles. The first-order valence-corrected chi connectivity index (χ1v) is 9.61. The number of hydrogen-bond acceptors (Lipinski definition) is 4. The monoisotopic (exact) mass is 460 g/mol. The molecule has 1 saturated heterocycles. The first kappa shape index (κ1) is 22.4. The number of nitrogens with one attached hydrogen (secondary N) is 2. The van der Waals surface area contributed by atoms with Gasteiger partial charge in [0, 0.05) is 39.6 Å². The molecular formula is C14H29IN4O3S. The smallest absolute Gasteiger partial charge is 0.222 e. The fourth-order valence-corrected chi connectivity index (χ4v) is 4.06. The standard InChI is InChI=1S/C14H28N4O3S.HI/c1-4-5-9-18(3)14(15-2)16-8-6-13(19)17-12-7-10-22(20,21)11-12;/h12H,4-11H2,1-3H3,(H,15,16)(H,17,19);1H. The van der Waals surface area contributed by atoms with Gasteiger partial charge >= 0.3 is 0 Å². The van der Waals surface area contributed by atoms with Gasteiger partial charge in [0.25, 0.3) is 0 Å². The molecule has 0 aliphatic carbocycles. The van der Waals surface area contributed by atoms with Crippen molar-refractivity contribution < 1.29 is 13.2 Å². The third-order valence-electron chi connectivity index (χ3n) is 3.65. The van der Waals surface area contributed by atoms with Crippen molar-refractivity contribution in [3.05, 3.63) is 0 Å². The van der Waals surface area contributed by atoms with Gasteiger partial charge in [-0.3, -0.25) is 9.79 Å². The number of rotatable bonds is 7. The maximum atomic E-state index is 11.8. The maximum absolute atomic E-state index is 11.8. The maximum Gasteiger partial charge on any atom is 0.222 e. The Hall–Kier alpha value is -0.580. The lowest BCUT2D eigenvalue weighted by Crippen LogP contribution is -2.42. The summed E-state index contributed by atoms with van der Waals surface area (Å²) in [6.45, 7) is 3.54. The molecule has 0 saturated carbocycles. The van der Waals surface area contributed by atoms with E-state index in [1.54, 1.807) is 7.05 Å². The van der Waals surface area contributed by atoms with Crippen molar-refractivity contribution >= 4 is 45.7 Å². The van der Waals surface area contributed by atoms with Crippen LogP contribution in [0.3, 0.4) is 0 Å². The number of amides is 1. The molecule has 1 fully saturated rings. The lowest BCUT2D eigenvalue weighted by Gasteiger charge is -2.21. The summed E-state index contributed by atoms with van der Waals surface area (Å²) >= 11 is 0. The second-order valence-corrected chi connectivity index (χ2v) is 7.90. The summed E-state index contributed by atoms with van der Waals surface area (Å²) in [6, 6.07) is -0.232. The summed E-state index contributed by atoms with van der Waals surface area (Å²) in [7, 11) is 0.728. The van der Waals surface area contributed by atoms with Crippen LogP contribution in [0.2, 0.25) is 0 Å². The molecule has 0 aromatic carbocycles. The normalized spacial score (nSPS) is 19.8. The van der Waals surface area contributed by atoms with E-state index >= 15 is 0 Å². The Morgan fingerprint density at radius 1 is 1.39 bits per heavy atom. The summed E-state index contributed by atoms with van der Waals surface area (Å²) < 4.78 is 22.7. The van der Waals surface area contributed by atoms with Crippen LogP contribution in [0.25, 0.3) is 0 Å². The minimum Gasteiger partial charge on any atom is -0.356 e. The highest BCUT2D eigenvalue weighted by atomic mass is 127. The number of sulfone groups is 1. The van der Waals surface area contributed by atoms with Crippen LogP contribution in [0.5, 0.6) is 0 Å². The zero-order valence-corrected chi connectivity index (χ0v) is 17.3. The Morgan fingerprint density at radius 3 is 2.61 bits per heavy atom. The largest absolute Gasteiger partial charge is 0.356 e. The van der Waals surface area contributed by atoms with Crippen molar-refractivity contribution in [2.24, 2.45) is 4.99 Å². The molecule has 23 heavy (non-hydrogen) atoms. The van der Waals surface area contributed by atoms with E-state index in [4.69, 9.17) is 0 Å². The Balaban J connectivity index is 0.00000484. The van der Waals surface area contributed by atoms with Gasteiger partial charge in [-0.15, -0.1) is 24.0 Å². The molecule has 1 amide bonds. The summed E-state index contributed by atoms with van der Waals surface area (Å²) in [4.78, 5) is 18.0. The molecule has 0 radical (unpaired) electrons. The lowest BCUT2D eigenvalue weighted by atomic mass is 10.2. The molecule has 1 unspecified atom stereocenters. The number of carbonyl (C=O) groups excluding carboxylic acids is 1.